The highest BCUT2D eigenvalue weighted by Crippen LogP contribution is 2.40. The van der Waals surface area contributed by atoms with Crippen LogP contribution in [-0.4, -0.2) is 49.9 Å². The molecule has 1 aliphatic rings. The van der Waals surface area contributed by atoms with E-state index in [1.807, 2.05) is 67.3 Å². The molecule has 2 heterocycles. The van der Waals surface area contributed by atoms with Crippen molar-refractivity contribution in [3.8, 4) is 0 Å². The lowest BCUT2D eigenvalue weighted by Crippen LogP contribution is -3.12. The zero-order valence-corrected chi connectivity index (χ0v) is 20.0. The van der Waals surface area contributed by atoms with Gasteiger partial charge in [0.25, 0.3) is 11.8 Å². The highest BCUT2D eigenvalue weighted by atomic mass is 32.1. The third-order valence-electron chi connectivity index (χ3n) is 6.02. The summed E-state index contributed by atoms with van der Waals surface area (Å²) in [5.41, 5.74) is 10.8. The summed E-state index contributed by atoms with van der Waals surface area (Å²) in [6.45, 7) is 7.12. The fourth-order valence-corrected chi connectivity index (χ4v) is 5.01. The second-order valence-corrected chi connectivity index (χ2v) is 9.53. The lowest BCUT2D eigenvalue weighted by Gasteiger charge is -2.30. The second kappa shape index (κ2) is 9.64. The van der Waals surface area contributed by atoms with Crippen molar-refractivity contribution in [2.24, 2.45) is 0 Å². The number of benzene rings is 2. The molecule has 2 aromatic carbocycles. The number of amides is 2. The molecule has 8 heteroatoms. The van der Waals surface area contributed by atoms with Gasteiger partial charge in [-0.1, -0.05) is 36.4 Å². The number of aryl methyl sites for hydroxylation is 2. The van der Waals surface area contributed by atoms with Crippen molar-refractivity contribution >= 4 is 45.2 Å². The van der Waals surface area contributed by atoms with E-state index >= 15 is 0 Å². The van der Waals surface area contributed by atoms with Crippen LogP contribution in [0.1, 0.15) is 31.2 Å². The van der Waals surface area contributed by atoms with Gasteiger partial charge in [-0.15, -0.1) is 11.3 Å². The number of rotatable bonds is 5. The number of quaternary nitrogens is 1. The number of carbonyl (C=O) groups is 2. The molecule has 4 rings (SSSR count). The monoisotopic (exact) mass is 464 g/mol. The Morgan fingerprint density at radius 2 is 1.64 bits per heavy atom. The van der Waals surface area contributed by atoms with Crippen LogP contribution < -0.4 is 21.3 Å². The maximum atomic E-state index is 13.6. The number of hydrogen-bond acceptors (Lipinski definition) is 5. The van der Waals surface area contributed by atoms with Crippen LogP contribution in [0.4, 0.5) is 22.1 Å². The molecule has 0 atom stereocenters. The molecule has 0 radical (unpaired) electrons. The zero-order valence-electron chi connectivity index (χ0n) is 19.2. The van der Waals surface area contributed by atoms with Gasteiger partial charge in [-0.25, -0.2) is 0 Å². The number of anilines is 4. The topological polar surface area (TPSA) is 91.9 Å². The van der Waals surface area contributed by atoms with Crippen molar-refractivity contribution in [3.05, 3.63) is 70.1 Å². The molecule has 7 nitrogen and oxygen atoms in total. The predicted molar refractivity (Wildman–Crippen MR) is 135 cm³/mol. The molecule has 0 bridgehead atoms. The van der Waals surface area contributed by atoms with Crippen molar-refractivity contribution < 1.29 is 14.5 Å². The average molecular weight is 465 g/mol. The Balaban J connectivity index is 1.72. The third-order valence-corrected chi connectivity index (χ3v) is 7.14. The van der Waals surface area contributed by atoms with Crippen LogP contribution in [0.3, 0.4) is 0 Å². The molecule has 1 fully saturated rings. The molecule has 1 aliphatic heterocycles. The summed E-state index contributed by atoms with van der Waals surface area (Å²) >= 11 is 1.22. The second-order valence-electron chi connectivity index (χ2n) is 8.51. The van der Waals surface area contributed by atoms with Gasteiger partial charge in [-0.2, -0.15) is 0 Å². The van der Waals surface area contributed by atoms with Gasteiger partial charge in [0.05, 0.1) is 44.5 Å². The lowest BCUT2D eigenvalue weighted by molar-refractivity contribution is -0.883. The largest absolute Gasteiger partial charge is 0.397 e. The number of para-hydroxylation sites is 2. The summed E-state index contributed by atoms with van der Waals surface area (Å²) in [5.74, 6) is -0.459. The van der Waals surface area contributed by atoms with E-state index in [1.165, 1.54) is 16.2 Å². The standard InChI is InChI=1S/C25H29N5O2S/c1-16-8-7-9-17(2)21(16)28-24-19(25(32)30-14-12-29(3)13-15-30)20(26)22(33-24)23(31)27-18-10-5-4-6-11-18/h4-11,28H,12-15,26H2,1-3H3,(H,27,31)/p+1. The minimum Gasteiger partial charge on any atom is -0.397 e. The van der Waals surface area contributed by atoms with Crippen molar-refractivity contribution in [3.63, 3.8) is 0 Å². The molecular weight excluding hydrogens is 434 g/mol. The molecule has 3 aromatic rings. The Labute approximate surface area is 198 Å². The molecule has 33 heavy (non-hydrogen) atoms. The number of carbonyl (C=O) groups excluding carboxylic acids is 2. The van der Waals surface area contributed by atoms with E-state index in [2.05, 4.69) is 17.7 Å². The first-order valence-corrected chi connectivity index (χ1v) is 11.9. The highest BCUT2D eigenvalue weighted by molar-refractivity contribution is 7.19. The molecule has 1 aromatic heterocycles. The first kappa shape index (κ1) is 22.8. The van der Waals surface area contributed by atoms with Crippen LogP contribution in [0.2, 0.25) is 0 Å². The van der Waals surface area contributed by atoms with Crippen LogP contribution in [-0.2, 0) is 0 Å². The number of thiophene rings is 1. The minimum absolute atomic E-state index is 0.135. The highest BCUT2D eigenvalue weighted by Gasteiger charge is 2.31. The fraction of sp³-hybridized carbons (Fsp3) is 0.280. The summed E-state index contributed by atoms with van der Waals surface area (Å²) in [7, 11) is 2.13. The van der Waals surface area contributed by atoms with Crippen LogP contribution in [0.25, 0.3) is 0 Å². The van der Waals surface area contributed by atoms with Gasteiger partial charge in [0.15, 0.2) is 0 Å². The van der Waals surface area contributed by atoms with E-state index in [9.17, 15) is 9.59 Å². The first-order valence-electron chi connectivity index (χ1n) is 11.1. The molecule has 1 saturated heterocycles. The molecule has 172 valence electrons. The van der Waals surface area contributed by atoms with Gasteiger partial charge < -0.3 is 26.2 Å². The number of piperazine rings is 1. The SMILES string of the molecule is Cc1cccc(C)c1Nc1sc(C(=O)Nc2ccccc2)c(N)c1C(=O)N1CC[NH+](C)CC1. The minimum atomic E-state index is -0.324. The molecular formula is C25H30N5O2S+. The number of nitrogens with two attached hydrogens (primary N) is 1. The normalized spacial score (nSPS) is 14.2. The first-order chi connectivity index (χ1) is 15.8. The Hall–Kier alpha value is -3.36. The van der Waals surface area contributed by atoms with Gasteiger partial charge >= 0.3 is 0 Å². The third kappa shape index (κ3) is 4.86. The quantitative estimate of drug-likeness (QED) is 0.467. The summed E-state index contributed by atoms with van der Waals surface area (Å²) in [4.78, 5) is 30.2. The van der Waals surface area contributed by atoms with Crippen molar-refractivity contribution in [2.75, 3.05) is 49.6 Å². The molecule has 0 unspecified atom stereocenters. The summed E-state index contributed by atoms with van der Waals surface area (Å²) < 4.78 is 0. The maximum absolute atomic E-state index is 13.6. The van der Waals surface area contributed by atoms with Crippen LogP contribution in [0.15, 0.2) is 48.5 Å². The molecule has 0 aliphatic carbocycles. The molecule has 5 N–H and O–H groups in total. The van der Waals surface area contributed by atoms with Gasteiger partial charge in [-0.05, 0) is 37.1 Å². The van der Waals surface area contributed by atoms with Crippen molar-refractivity contribution in [1.29, 1.82) is 0 Å². The summed E-state index contributed by atoms with van der Waals surface area (Å²) in [6.07, 6.45) is 0. The maximum Gasteiger partial charge on any atom is 0.267 e. The van der Waals surface area contributed by atoms with Gasteiger partial charge in [0.2, 0.25) is 0 Å². The number of likely N-dealkylation sites (N-methyl/N-ethyl adjacent to an activating group) is 1. The van der Waals surface area contributed by atoms with E-state index in [0.717, 1.165) is 29.9 Å². The summed E-state index contributed by atoms with van der Waals surface area (Å²) in [6, 6.07) is 15.2. The Morgan fingerprint density at radius 1 is 1.00 bits per heavy atom. The number of nitrogen functional groups attached to an aromatic ring is 1. The smallest absolute Gasteiger partial charge is 0.267 e. The van der Waals surface area contributed by atoms with Gasteiger partial charge in [-0.3, -0.25) is 9.59 Å². The molecule has 2 amide bonds. The lowest BCUT2D eigenvalue weighted by atomic mass is 10.1. The zero-order chi connectivity index (χ0) is 23.5. The van der Waals surface area contributed by atoms with Crippen LogP contribution >= 0.6 is 11.3 Å². The van der Waals surface area contributed by atoms with E-state index in [-0.39, 0.29) is 17.5 Å². The Kier molecular flexibility index (Phi) is 6.67. The summed E-state index contributed by atoms with van der Waals surface area (Å²) in [5, 5.41) is 6.91. The van der Waals surface area contributed by atoms with Gasteiger partial charge in [0, 0.05) is 11.4 Å². The van der Waals surface area contributed by atoms with E-state index < -0.39 is 0 Å². The van der Waals surface area contributed by atoms with Crippen LogP contribution in [0, 0.1) is 13.8 Å². The van der Waals surface area contributed by atoms with E-state index in [0.29, 0.717) is 34.2 Å². The average Bonchev–Trinajstić information content (AvgIpc) is 3.13. The number of nitrogens with zero attached hydrogens (tertiary/aromatic N) is 1. The van der Waals surface area contributed by atoms with Gasteiger partial charge in [0.1, 0.15) is 9.88 Å². The number of nitrogens with one attached hydrogen (secondary N) is 3. The van der Waals surface area contributed by atoms with Crippen molar-refractivity contribution in [2.45, 2.75) is 13.8 Å². The predicted octanol–water partition coefficient (Wildman–Crippen LogP) is 2.91. The number of hydrogen-bond donors (Lipinski definition) is 4. The van der Waals surface area contributed by atoms with Crippen molar-refractivity contribution in [1.82, 2.24) is 4.90 Å². The van der Waals surface area contributed by atoms with E-state index in [4.69, 9.17) is 5.73 Å². The molecule has 0 spiro atoms. The Morgan fingerprint density at radius 3 is 2.27 bits per heavy atom. The molecule has 0 saturated carbocycles. The van der Waals surface area contributed by atoms with Crippen LogP contribution in [0.5, 0.6) is 0 Å². The Bertz CT molecular complexity index is 1150. The van der Waals surface area contributed by atoms with E-state index in [1.54, 1.807) is 0 Å². The fourth-order valence-electron chi connectivity index (χ4n) is 4.00.